The van der Waals surface area contributed by atoms with Crippen LogP contribution in [0.5, 0.6) is 0 Å². The van der Waals surface area contributed by atoms with Crippen molar-refractivity contribution in [1.29, 1.82) is 0 Å². The quantitative estimate of drug-likeness (QED) is 0.777. The van der Waals surface area contributed by atoms with Crippen LogP contribution in [0.2, 0.25) is 0 Å². The van der Waals surface area contributed by atoms with Gasteiger partial charge in [-0.05, 0) is 43.4 Å². The summed E-state index contributed by atoms with van der Waals surface area (Å²) >= 11 is 1.56. The minimum Gasteiger partial charge on any atom is -0.480 e. The Morgan fingerprint density at radius 2 is 2.12 bits per heavy atom. The highest BCUT2D eigenvalue weighted by Gasteiger charge is 2.28. The molecule has 1 unspecified atom stereocenters. The Balaban J connectivity index is 2.09. The summed E-state index contributed by atoms with van der Waals surface area (Å²) in [5.74, 6) is -0.623. The average molecular weight is 355 g/mol. The Labute approximate surface area is 147 Å². The second-order valence-electron chi connectivity index (χ2n) is 6.15. The monoisotopic (exact) mass is 355 g/mol. The molecule has 1 atom stereocenters. The molecule has 6 nitrogen and oxygen atoms in total. The summed E-state index contributed by atoms with van der Waals surface area (Å²) in [6.07, 6.45) is 6.42. The SMILES string of the molecule is CCC(C(=O)O)n1c(-c2ccncc2)nc2sc3c(c2c1=O)CCC3. The number of aliphatic carboxylic acids is 1. The largest absolute Gasteiger partial charge is 0.480 e. The Morgan fingerprint density at radius 3 is 2.80 bits per heavy atom. The lowest BCUT2D eigenvalue weighted by Gasteiger charge is -2.18. The first kappa shape index (κ1) is 16.0. The van der Waals surface area contributed by atoms with Gasteiger partial charge in [0.15, 0.2) is 0 Å². The molecule has 0 fully saturated rings. The fraction of sp³-hybridized carbons (Fsp3) is 0.333. The minimum absolute atomic E-state index is 0.245. The Morgan fingerprint density at radius 1 is 1.36 bits per heavy atom. The highest BCUT2D eigenvalue weighted by molar-refractivity contribution is 7.18. The third-order valence-corrected chi connectivity index (χ3v) is 5.88. The van der Waals surface area contributed by atoms with Crippen LogP contribution in [0.15, 0.2) is 29.3 Å². The number of nitrogens with zero attached hydrogens (tertiary/aromatic N) is 3. The smallest absolute Gasteiger partial charge is 0.326 e. The molecule has 7 heteroatoms. The molecule has 0 aromatic carbocycles. The molecule has 0 saturated heterocycles. The second kappa shape index (κ2) is 6.07. The van der Waals surface area contributed by atoms with Crippen molar-refractivity contribution < 1.29 is 9.90 Å². The highest BCUT2D eigenvalue weighted by atomic mass is 32.1. The zero-order valence-electron chi connectivity index (χ0n) is 13.7. The fourth-order valence-corrected chi connectivity index (χ4v) is 4.77. The number of hydrogen-bond acceptors (Lipinski definition) is 5. The van der Waals surface area contributed by atoms with Crippen LogP contribution in [0, 0.1) is 0 Å². The molecule has 0 bridgehead atoms. The molecule has 128 valence electrons. The lowest BCUT2D eigenvalue weighted by Crippen LogP contribution is -2.31. The van der Waals surface area contributed by atoms with Crippen LogP contribution in [-0.2, 0) is 17.6 Å². The highest BCUT2D eigenvalue weighted by Crippen LogP contribution is 2.36. The maximum Gasteiger partial charge on any atom is 0.326 e. The second-order valence-corrected chi connectivity index (χ2v) is 7.23. The summed E-state index contributed by atoms with van der Waals surface area (Å²) in [6, 6.07) is 2.56. The number of thiophene rings is 1. The van der Waals surface area contributed by atoms with E-state index in [1.165, 1.54) is 9.44 Å². The van der Waals surface area contributed by atoms with Gasteiger partial charge in [-0.25, -0.2) is 9.78 Å². The van der Waals surface area contributed by atoms with E-state index in [9.17, 15) is 14.7 Å². The molecule has 1 aliphatic carbocycles. The number of fused-ring (bicyclic) bond motifs is 3. The van der Waals surface area contributed by atoms with Crippen LogP contribution < -0.4 is 5.56 Å². The van der Waals surface area contributed by atoms with Crippen LogP contribution in [-0.4, -0.2) is 25.6 Å². The van der Waals surface area contributed by atoms with Crippen LogP contribution in [0.25, 0.3) is 21.6 Å². The van der Waals surface area contributed by atoms with Gasteiger partial charge in [0.25, 0.3) is 5.56 Å². The molecule has 0 amide bonds. The number of carbonyl (C=O) groups is 1. The van der Waals surface area contributed by atoms with E-state index in [-0.39, 0.29) is 5.56 Å². The molecule has 1 N–H and O–H groups in total. The van der Waals surface area contributed by atoms with Crippen LogP contribution in [0.3, 0.4) is 0 Å². The molecule has 3 aromatic rings. The topological polar surface area (TPSA) is 85.1 Å². The summed E-state index contributed by atoms with van der Waals surface area (Å²) in [4.78, 5) is 35.7. The molecule has 1 aliphatic rings. The van der Waals surface area contributed by atoms with Gasteiger partial charge < -0.3 is 5.11 Å². The van der Waals surface area contributed by atoms with E-state index in [1.807, 2.05) is 0 Å². The maximum absolute atomic E-state index is 13.3. The zero-order chi connectivity index (χ0) is 17.6. The van der Waals surface area contributed by atoms with Crippen molar-refractivity contribution in [3.05, 3.63) is 45.3 Å². The first-order valence-corrected chi connectivity index (χ1v) is 9.13. The van der Waals surface area contributed by atoms with Gasteiger partial charge in [0.2, 0.25) is 0 Å². The molecule has 3 aromatic heterocycles. The lowest BCUT2D eigenvalue weighted by molar-refractivity contribution is -0.141. The number of carboxylic acids is 1. The molecule has 4 rings (SSSR count). The van der Waals surface area contributed by atoms with E-state index in [0.717, 1.165) is 24.8 Å². The number of pyridine rings is 1. The molecule has 0 radical (unpaired) electrons. The van der Waals surface area contributed by atoms with Gasteiger partial charge in [0.05, 0.1) is 5.39 Å². The van der Waals surface area contributed by atoms with Gasteiger partial charge in [0, 0.05) is 22.8 Å². The molecule has 0 spiro atoms. The average Bonchev–Trinajstić information content (AvgIpc) is 3.18. The van der Waals surface area contributed by atoms with Crippen molar-refractivity contribution in [2.75, 3.05) is 0 Å². The van der Waals surface area contributed by atoms with Crippen molar-refractivity contribution in [1.82, 2.24) is 14.5 Å². The van der Waals surface area contributed by atoms with E-state index in [2.05, 4.69) is 4.98 Å². The summed E-state index contributed by atoms with van der Waals surface area (Å²) in [7, 11) is 0. The van der Waals surface area contributed by atoms with E-state index in [1.54, 1.807) is 42.8 Å². The molecular weight excluding hydrogens is 338 g/mol. The number of carboxylic acid groups (broad SMARTS) is 1. The molecule has 3 heterocycles. The predicted molar refractivity (Wildman–Crippen MR) is 96.1 cm³/mol. The van der Waals surface area contributed by atoms with E-state index >= 15 is 0 Å². The Kier molecular flexibility index (Phi) is 3.88. The summed E-state index contributed by atoms with van der Waals surface area (Å²) in [6.45, 7) is 1.77. The maximum atomic E-state index is 13.3. The fourth-order valence-electron chi connectivity index (χ4n) is 3.52. The number of hydrogen-bond donors (Lipinski definition) is 1. The van der Waals surface area contributed by atoms with Crippen molar-refractivity contribution in [3.8, 4) is 11.4 Å². The summed E-state index contributed by atoms with van der Waals surface area (Å²) < 4.78 is 1.35. The van der Waals surface area contributed by atoms with Gasteiger partial charge in [-0.2, -0.15) is 0 Å². The van der Waals surface area contributed by atoms with Crippen molar-refractivity contribution >= 4 is 27.5 Å². The van der Waals surface area contributed by atoms with E-state index in [4.69, 9.17) is 4.98 Å². The van der Waals surface area contributed by atoms with Crippen molar-refractivity contribution in [2.45, 2.75) is 38.6 Å². The predicted octanol–water partition coefficient (Wildman–Crippen LogP) is 3.04. The van der Waals surface area contributed by atoms with Gasteiger partial charge in [-0.1, -0.05) is 6.92 Å². The van der Waals surface area contributed by atoms with Gasteiger partial charge in [-0.15, -0.1) is 11.3 Å². The van der Waals surface area contributed by atoms with Crippen LogP contribution in [0.1, 0.15) is 36.2 Å². The normalized spacial score (nSPS) is 14.6. The third-order valence-electron chi connectivity index (χ3n) is 4.69. The van der Waals surface area contributed by atoms with Crippen molar-refractivity contribution in [3.63, 3.8) is 0 Å². The third kappa shape index (κ3) is 2.46. The summed E-state index contributed by atoms with van der Waals surface area (Å²) in [5.41, 5.74) is 1.51. The number of aromatic nitrogens is 3. The molecule has 25 heavy (non-hydrogen) atoms. The molecule has 0 saturated carbocycles. The Bertz CT molecular complexity index is 1020. The van der Waals surface area contributed by atoms with E-state index in [0.29, 0.717) is 28.0 Å². The lowest BCUT2D eigenvalue weighted by atomic mass is 10.1. The molecule has 0 aliphatic heterocycles. The first-order chi connectivity index (χ1) is 12.1. The minimum atomic E-state index is -1.02. The van der Waals surface area contributed by atoms with Crippen LogP contribution in [0.4, 0.5) is 0 Å². The Hall–Kier alpha value is -2.54. The summed E-state index contributed by atoms with van der Waals surface area (Å²) in [5, 5.41) is 10.2. The number of rotatable bonds is 4. The van der Waals surface area contributed by atoms with E-state index < -0.39 is 12.0 Å². The zero-order valence-corrected chi connectivity index (χ0v) is 14.5. The van der Waals surface area contributed by atoms with Crippen molar-refractivity contribution in [2.24, 2.45) is 0 Å². The van der Waals surface area contributed by atoms with Gasteiger partial charge in [-0.3, -0.25) is 14.3 Å². The first-order valence-electron chi connectivity index (χ1n) is 8.31. The molecular formula is C18H17N3O3S. The van der Waals surface area contributed by atoms with Crippen LogP contribution >= 0.6 is 11.3 Å². The van der Waals surface area contributed by atoms with Gasteiger partial charge in [0.1, 0.15) is 16.7 Å². The van der Waals surface area contributed by atoms with Gasteiger partial charge >= 0.3 is 5.97 Å². The standard InChI is InChI=1S/C18H17N3O3S/c1-2-12(18(23)24)21-15(10-6-8-19-9-7-10)20-16-14(17(21)22)11-4-3-5-13(11)25-16/h6-9,12H,2-5H2,1H3,(H,23,24). The number of aryl methyl sites for hydroxylation is 2.